The summed E-state index contributed by atoms with van der Waals surface area (Å²) in [6.07, 6.45) is -4.90. The van der Waals surface area contributed by atoms with E-state index in [2.05, 4.69) is 10.0 Å². The number of carbonyl (C=O) groups excluding carboxylic acids is 1. The van der Waals surface area contributed by atoms with E-state index in [1.807, 2.05) is 0 Å². The fraction of sp³-hybridized carbons (Fsp3) is 0.278. The average molecular weight is 434 g/mol. The summed E-state index contributed by atoms with van der Waals surface area (Å²) in [6.45, 7) is 2.80. The quantitative estimate of drug-likeness (QED) is 0.653. The highest BCUT2D eigenvalue weighted by molar-refractivity contribution is 7.89. The number of rotatable bonds is 7. The van der Waals surface area contributed by atoms with Gasteiger partial charge in [-0.15, -0.1) is 0 Å². The molecule has 0 radical (unpaired) electrons. The predicted octanol–water partition coefficient (Wildman–Crippen LogP) is 3.55. The lowest BCUT2D eigenvalue weighted by Crippen LogP contribution is -2.30. The maximum atomic E-state index is 13.3. The number of nitrogens with one attached hydrogen (secondary N) is 2. The highest BCUT2D eigenvalue weighted by Gasteiger charge is 2.34. The number of sulfonamides is 1. The fourth-order valence-electron chi connectivity index (χ4n) is 2.26. The monoisotopic (exact) mass is 434 g/mol. The Morgan fingerprint density at radius 1 is 1.10 bits per heavy atom. The molecule has 0 atom stereocenters. The lowest BCUT2D eigenvalue weighted by atomic mass is 10.2. The highest BCUT2D eigenvalue weighted by atomic mass is 32.2. The van der Waals surface area contributed by atoms with Gasteiger partial charge in [-0.2, -0.15) is 13.2 Å². The molecule has 0 saturated carbocycles. The summed E-state index contributed by atoms with van der Waals surface area (Å²) < 4.78 is 83.0. The van der Waals surface area contributed by atoms with Crippen LogP contribution in [0.4, 0.5) is 23.2 Å². The normalized spacial score (nSPS) is 12.1. The molecule has 0 spiro atoms. The zero-order valence-corrected chi connectivity index (χ0v) is 16.2. The van der Waals surface area contributed by atoms with Crippen molar-refractivity contribution in [3.05, 3.63) is 53.8 Å². The minimum absolute atomic E-state index is 0.00833. The van der Waals surface area contributed by atoms with E-state index >= 15 is 0 Å². The Labute approximate surface area is 164 Å². The molecule has 2 rings (SSSR count). The maximum absolute atomic E-state index is 13.3. The second-order valence-electron chi connectivity index (χ2n) is 6.28. The van der Waals surface area contributed by atoms with E-state index in [-0.39, 0.29) is 22.4 Å². The zero-order chi connectivity index (χ0) is 21.8. The smallest absolute Gasteiger partial charge is 0.419 e. The standard InChI is InChI=1S/C18H18F4N2O4S/c1-11(2)24-29(26,27)14-6-4-13(5-7-14)28-10-17(25)23-12-3-8-16(19)15(9-12)18(20,21)22/h3-9,11,24H,10H2,1-2H3,(H,23,25). The largest absolute Gasteiger partial charge is 0.484 e. The number of alkyl halides is 3. The van der Waals surface area contributed by atoms with Crippen molar-refractivity contribution in [3.63, 3.8) is 0 Å². The summed E-state index contributed by atoms with van der Waals surface area (Å²) >= 11 is 0. The summed E-state index contributed by atoms with van der Waals surface area (Å²) in [4.78, 5) is 11.9. The lowest BCUT2D eigenvalue weighted by molar-refractivity contribution is -0.140. The number of anilines is 1. The van der Waals surface area contributed by atoms with Crippen LogP contribution >= 0.6 is 0 Å². The summed E-state index contributed by atoms with van der Waals surface area (Å²) in [6, 6.07) is 7.02. The van der Waals surface area contributed by atoms with Crippen LogP contribution in [0.25, 0.3) is 0 Å². The summed E-state index contributed by atoms with van der Waals surface area (Å²) in [5.74, 6) is -2.05. The first kappa shape index (κ1) is 22.6. The number of hydrogen-bond acceptors (Lipinski definition) is 4. The van der Waals surface area contributed by atoms with Crippen LogP contribution < -0.4 is 14.8 Å². The average Bonchev–Trinajstić information content (AvgIpc) is 2.60. The SMILES string of the molecule is CC(C)NS(=O)(=O)c1ccc(OCC(=O)Nc2ccc(F)c(C(F)(F)F)c2)cc1. The van der Waals surface area contributed by atoms with Crippen molar-refractivity contribution in [1.29, 1.82) is 0 Å². The molecule has 6 nitrogen and oxygen atoms in total. The van der Waals surface area contributed by atoms with Crippen molar-refractivity contribution in [1.82, 2.24) is 4.72 Å². The van der Waals surface area contributed by atoms with E-state index in [1.165, 1.54) is 24.3 Å². The van der Waals surface area contributed by atoms with Gasteiger partial charge < -0.3 is 10.1 Å². The Balaban J connectivity index is 1.98. The van der Waals surface area contributed by atoms with Crippen molar-refractivity contribution in [2.24, 2.45) is 0 Å². The van der Waals surface area contributed by atoms with Gasteiger partial charge in [-0.25, -0.2) is 17.5 Å². The molecule has 0 aliphatic heterocycles. The molecule has 2 aromatic carbocycles. The molecule has 0 heterocycles. The van der Waals surface area contributed by atoms with Gasteiger partial charge in [-0.3, -0.25) is 4.79 Å². The van der Waals surface area contributed by atoms with Crippen LogP contribution in [0.3, 0.4) is 0 Å². The molecule has 158 valence electrons. The van der Waals surface area contributed by atoms with Gasteiger partial charge >= 0.3 is 6.18 Å². The Morgan fingerprint density at radius 3 is 2.28 bits per heavy atom. The molecule has 0 bridgehead atoms. The first-order valence-corrected chi connectivity index (χ1v) is 9.78. The highest BCUT2D eigenvalue weighted by Crippen LogP contribution is 2.33. The Bertz CT molecular complexity index is 974. The number of benzene rings is 2. The molecule has 0 aliphatic carbocycles. The van der Waals surface area contributed by atoms with E-state index in [0.717, 1.165) is 6.07 Å². The molecule has 11 heteroatoms. The van der Waals surface area contributed by atoms with E-state index in [4.69, 9.17) is 4.74 Å². The fourth-order valence-corrected chi connectivity index (χ4v) is 3.51. The van der Waals surface area contributed by atoms with E-state index in [1.54, 1.807) is 13.8 Å². The molecule has 2 N–H and O–H groups in total. The second kappa shape index (κ2) is 8.78. The number of ether oxygens (including phenoxy) is 1. The lowest BCUT2D eigenvalue weighted by Gasteiger charge is -2.12. The Morgan fingerprint density at radius 2 is 1.72 bits per heavy atom. The summed E-state index contributed by atoms with van der Waals surface area (Å²) in [7, 11) is -3.68. The molecule has 0 aliphatic rings. The van der Waals surface area contributed by atoms with Crippen molar-refractivity contribution >= 4 is 21.6 Å². The molecule has 0 aromatic heterocycles. The molecular formula is C18H18F4N2O4S. The van der Waals surface area contributed by atoms with E-state index < -0.39 is 40.1 Å². The molecule has 29 heavy (non-hydrogen) atoms. The van der Waals surface area contributed by atoms with Crippen molar-refractivity contribution in [3.8, 4) is 5.75 Å². The van der Waals surface area contributed by atoms with Gasteiger partial charge in [-0.1, -0.05) is 0 Å². The van der Waals surface area contributed by atoms with E-state index in [0.29, 0.717) is 12.1 Å². The number of carbonyl (C=O) groups is 1. The van der Waals surface area contributed by atoms with Gasteiger partial charge in [0.25, 0.3) is 5.91 Å². The van der Waals surface area contributed by atoms with E-state index in [9.17, 15) is 30.8 Å². The molecule has 0 saturated heterocycles. The molecule has 1 amide bonds. The first-order valence-electron chi connectivity index (χ1n) is 8.30. The second-order valence-corrected chi connectivity index (χ2v) is 7.99. The topological polar surface area (TPSA) is 84.5 Å². The minimum atomic E-state index is -4.90. The van der Waals surface area contributed by atoms with Gasteiger partial charge in [0.1, 0.15) is 11.6 Å². The molecule has 0 unspecified atom stereocenters. The Hall–Kier alpha value is -2.66. The third kappa shape index (κ3) is 6.43. The third-order valence-corrected chi connectivity index (χ3v) is 5.12. The minimum Gasteiger partial charge on any atom is -0.484 e. The van der Waals surface area contributed by atoms with Crippen LogP contribution in [0.5, 0.6) is 5.75 Å². The predicted molar refractivity (Wildman–Crippen MR) is 97.4 cm³/mol. The third-order valence-electron chi connectivity index (χ3n) is 3.45. The molecule has 2 aromatic rings. The van der Waals surface area contributed by atoms with Crippen molar-refractivity contribution in [2.75, 3.05) is 11.9 Å². The van der Waals surface area contributed by atoms with Gasteiger partial charge in [0, 0.05) is 11.7 Å². The van der Waals surface area contributed by atoms with Crippen molar-refractivity contribution < 1.29 is 35.5 Å². The Kier molecular flexibility index (Phi) is 6.85. The first-order chi connectivity index (χ1) is 13.4. The van der Waals surface area contributed by atoms with Crippen LogP contribution in [-0.4, -0.2) is 27.0 Å². The van der Waals surface area contributed by atoms with Crippen LogP contribution in [-0.2, 0) is 21.0 Å². The van der Waals surface area contributed by atoms with Crippen LogP contribution in [0, 0.1) is 5.82 Å². The van der Waals surface area contributed by atoms with Crippen molar-refractivity contribution in [2.45, 2.75) is 31.0 Å². The molecular weight excluding hydrogens is 416 g/mol. The summed E-state index contributed by atoms with van der Waals surface area (Å²) in [5.41, 5.74) is -1.74. The number of amides is 1. The molecule has 0 fully saturated rings. The van der Waals surface area contributed by atoms with Crippen LogP contribution in [0.1, 0.15) is 19.4 Å². The van der Waals surface area contributed by atoms with Crippen LogP contribution in [0.15, 0.2) is 47.4 Å². The van der Waals surface area contributed by atoms with Gasteiger partial charge in [0.2, 0.25) is 10.0 Å². The summed E-state index contributed by atoms with van der Waals surface area (Å²) in [5, 5.41) is 2.17. The van der Waals surface area contributed by atoms with Gasteiger partial charge in [0.15, 0.2) is 6.61 Å². The van der Waals surface area contributed by atoms with Crippen LogP contribution in [0.2, 0.25) is 0 Å². The maximum Gasteiger partial charge on any atom is 0.419 e. The zero-order valence-electron chi connectivity index (χ0n) is 15.4. The number of halogens is 4. The number of hydrogen-bond donors (Lipinski definition) is 2. The van der Waals surface area contributed by atoms with Gasteiger partial charge in [0.05, 0.1) is 10.5 Å². The van der Waals surface area contributed by atoms with Gasteiger partial charge in [-0.05, 0) is 56.3 Å².